The van der Waals surface area contributed by atoms with Crippen molar-refractivity contribution < 1.29 is 4.74 Å². The Morgan fingerprint density at radius 1 is 1.18 bits per heavy atom. The summed E-state index contributed by atoms with van der Waals surface area (Å²) in [5, 5.41) is 6.48. The average molecular weight is 432 g/mol. The SMILES string of the molecule is COc1cccc(-c2nn(Cc3ccc(Cl)cc3Cl)c(=O)c3nc(C)sc23)c1. The molecule has 0 aliphatic carbocycles. The summed E-state index contributed by atoms with van der Waals surface area (Å²) >= 11 is 13.7. The Balaban J connectivity index is 1.92. The molecule has 0 spiro atoms. The first-order valence-electron chi connectivity index (χ1n) is 8.43. The van der Waals surface area contributed by atoms with Crippen molar-refractivity contribution in [2.24, 2.45) is 0 Å². The molecule has 0 atom stereocenters. The van der Waals surface area contributed by atoms with Crippen molar-refractivity contribution in [2.75, 3.05) is 7.11 Å². The molecule has 2 heterocycles. The van der Waals surface area contributed by atoms with Crippen LogP contribution in [-0.4, -0.2) is 21.9 Å². The normalized spacial score (nSPS) is 11.1. The molecule has 142 valence electrons. The standard InChI is InChI=1S/C20H15Cl2N3O2S/c1-11-23-18-19(28-11)17(12-4-3-5-15(8-12)27-2)24-25(20(18)26)10-13-6-7-14(21)9-16(13)22/h3-9H,10H2,1-2H3. The van der Waals surface area contributed by atoms with Crippen LogP contribution >= 0.6 is 34.5 Å². The second-order valence-corrected chi connectivity index (χ2v) is 8.24. The van der Waals surface area contributed by atoms with Gasteiger partial charge in [-0.25, -0.2) is 9.67 Å². The summed E-state index contributed by atoms with van der Waals surface area (Å²) in [7, 11) is 1.61. The third-order valence-corrected chi connectivity index (χ3v) is 5.85. The maximum Gasteiger partial charge on any atom is 0.294 e. The van der Waals surface area contributed by atoms with Gasteiger partial charge >= 0.3 is 0 Å². The van der Waals surface area contributed by atoms with Crippen molar-refractivity contribution in [1.82, 2.24) is 14.8 Å². The molecule has 4 rings (SSSR count). The Morgan fingerprint density at radius 2 is 2.00 bits per heavy atom. The number of benzene rings is 2. The predicted molar refractivity (Wildman–Crippen MR) is 114 cm³/mol. The molecule has 8 heteroatoms. The number of aryl methyl sites for hydroxylation is 1. The zero-order valence-corrected chi connectivity index (χ0v) is 17.4. The average Bonchev–Trinajstić information content (AvgIpc) is 3.08. The number of methoxy groups -OCH3 is 1. The summed E-state index contributed by atoms with van der Waals surface area (Å²) in [5.41, 5.74) is 2.44. The number of thiazole rings is 1. The molecular formula is C20H15Cl2N3O2S. The molecular weight excluding hydrogens is 417 g/mol. The van der Waals surface area contributed by atoms with E-state index in [4.69, 9.17) is 27.9 Å². The van der Waals surface area contributed by atoms with Crippen molar-refractivity contribution in [1.29, 1.82) is 0 Å². The van der Waals surface area contributed by atoms with Crippen LogP contribution in [0.25, 0.3) is 21.5 Å². The molecule has 5 nitrogen and oxygen atoms in total. The quantitative estimate of drug-likeness (QED) is 0.445. The Hall–Kier alpha value is -2.41. The van der Waals surface area contributed by atoms with Crippen molar-refractivity contribution >= 4 is 44.8 Å². The van der Waals surface area contributed by atoms with Crippen LogP contribution in [-0.2, 0) is 6.54 Å². The monoisotopic (exact) mass is 431 g/mol. The number of halogens is 2. The van der Waals surface area contributed by atoms with Gasteiger partial charge in [-0.05, 0) is 36.8 Å². The minimum absolute atomic E-state index is 0.221. The van der Waals surface area contributed by atoms with Crippen molar-refractivity contribution in [3.05, 3.63) is 73.4 Å². The lowest BCUT2D eigenvalue weighted by atomic mass is 10.1. The fraction of sp³-hybridized carbons (Fsp3) is 0.150. The van der Waals surface area contributed by atoms with Gasteiger partial charge in [0.15, 0.2) is 5.52 Å². The number of fused-ring (bicyclic) bond motifs is 1. The third kappa shape index (κ3) is 3.51. The van der Waals surface area contributed by atoms with Gasteiger partial charge in [-0.2, -0.15) is 5.10 Å². The van der Waals surface area contributed by atoms with Crippen LogP contribution < -0.4 is 10.3 Å². The van der Waals surface area contributed by atoms with Gasteiger partial charge < -0.3 is 4.74 Å². The minimum Gasteiger partial charge on any atom is -0.497 e. The summed E-state index contributed by atoms with van der Waals surface area (Å²) in [6.45, 7) is 2.10. The topological polar surface area (TPSA) is 57.0 Å². The first-order chi connectivity index (χ1) is 13.5. The minimum atomic E-state index is -0.253. The number of rotatable bonds is 4. The summed E-state index contributed by atoms with van der Waals surface area (Å²) in [6, 6.07) is 12.8. The van der Waals surface area contributed by atoms with Crippen LogP contribution in [0, 0.1) is 6.92 Å². The number of nitrogens with zero attached hydrogens (tertiary/aromatic N) is 3. The van der Waals surface area contributed by atoms with Crippen molar-refractivity contribution in [2.45, 2.75) is 13.5 Å². The smallest absolute Gasteiger partial charge is 0.294 e. The third-order valence-electron chi connectivity index (χ3n) is 4.29. The first-order valence-corrected chi connectivity index (χ1v) is 10.00. The van der Waals surface area contributed by atoms with Crippen LogP contribution in [0.3, 0.4) is 0 Å². The molecule has 0 N–H and O–H groups in total. The van der Waals surface area contributed by atoms with E-state index in [1.165, 1.54) is 16.0 Å². The van der Waals surface area contributed by atoms with Crippen LogP contribution in [0.1, 0.15) is 10.6 Å². The number of ether oxygens (including phenoxy) is 1. The van der Waals surface area contributed by atoms with Gasteiger partial charge in [-0.15, -0.1) is 11.3 Å². The Bertz CT molecular complexity index is 1250. The molecule has 0 aliphatic heterocycles. The lowest BCUT2D eigenvalue weighted by Crippen LogP contribution is -2.24. The summed E-state index contributed by atoms with van der Waals surface area (Å²) in [4.78, 5) is 17.4. The first kappa shape index (κ1) is 18.9. The van der Waals surface area contributed by atoms with Crippen LogP contribution in [0.2, 0.25) is 10.0 Å². The van der Waals surface area contributed by atoms with Crippen molar-refractivity contribution in [3.63, 3.8) is 0 Å². The van der Waals surface area contributed by atoms with Crippen LogP contribution in [0.4, 0.5) is 0 Å². The molecule has 0 unspecified atom stereocenters. The van der Waals surface area contributed by atoms with E-state index in [-0.39, 0.29) is 12.1 Å². The van der Waals surface area contributed by atoms with Gasteiger partial charge in [0.1, 0.15) is 11.4 Å². The number of aromatic nitrogens is 3. The molecule has 0 fully saturated rings. The Labute approximate surface area is 175 Å². The predicted octanol–water partition coefficient (Wildman–Crippen LogP) is 5.19. The summed E-state index contributed by atoms with van der Waals surface area (Å²) in [5.74, 6) is 0.715. The van der Waals surface area contributed by atoms with Gasteiger partial charge in [-0.1, -0.05) is 41.4 Å². The summed E-state index contributed by atoms with van der Waals surface area (Å²) < 4.78 is 7.48. The maximum absolute atomic E-state index is 13.0. The van der Waals surface area contributed by atoms with E-state index < -0.39 is 0 Å². The van der Waals surface area contributed by atoms with Crippen LogP contribution in [0.15, 0.2) is 47.3 Å². The fourth-order valence-corrected chi connectivity index (χ4v) is 4.33. The van der Waals surface area contributed by atoms with Gasteiger partial charge in [0.2, 0.25) is 0 Å². The van der Waals surface area contributed by atoms with Gasteiger partial charge in [0, 0.05) is 15.6 Å². The largest absolute Gasteiger partial charge is 0.497 e. The molecule has 0 aliphatic rings. The molecule has 0 radical (unpaired) electrons. The maximum atomic E-state index is 13.0. The highest BCUT2D eigenvalue weighted by Gasteiger charge is 2.17. The highest BCUT2D eigenvalue weighted by molar-refractivity contribution is 7.19. The zero-order chi connectivity index (χ0) is 19.8. The Morgan fingerprint density at radius 3 is 2.75 bits per heavy atom. The Kier molecular flexibility index (Phi) is 5.10. The van der Waals surface area contributed by atoms with E-state index in [2.05, 4.69) is 10.1 Å². The van der Waals surface area contributed by atoms with Gasteiger partial charge in [-0.3, -0.25) is 4.79 Å². The van der Waals surface area contributed by atoms with E-state index >= 15 is 0 Å². The van der Waals surface area contributed by atoms with E-state index in [1.54, 1.807) is 25.3 Å². The molecule has 4 aromatic rings. The van der Waals surface area contributed by atoms with E-state index in [9.17, 15) is 4.79 Å². The van der Waals surface area contributed by atoms with E-state index in [0.29, 0.717) is 27.0 Å². The highest BCUT2D eigenvalue weighted by atomic mass is 35.5. The van der Waals surface area contributed by atoms with Gasteiger partial charge in [0.25, 0.3) is 5.56 Å². The molecule has 2 aromatic carbocycles. The lowest BCUT2D eigenvalue weighted by Gasteiger charge is -2.11. The van der Waals surface area contributed by atoms with Gasteiger partial charge in [0.05, 0.1) is 23.4 Å². The second-order valence-electron chi connectivity index (χ2n) is 6.19. The highest BCUT2D eigenvalue weighted by Crippen LogP contribution is 2.31. The molecule has 0 amide bonds. The van der Waals surface area contributed by atoms with E-state index in [0.717, 1.165) is 20.8 Å². The lowest BCUT2D eigenvalue weighted by molar-refractivity contribution is 0.415. The van der Waals surface area contributed by atoms with Crippen LogP contribution in [0.5, 0.6) is 5.75 Å². The molecule has 2 aromatic heterocycles. The second kappa shape index (κ2) is 7.54. The molecule has 0 bridgehead atoms. The molecule has 28 heavy (non-hydrogen) atoms. The number of hydrogen-bond donors (Lipinski definition) is 0. The number of hydrogen-bond acceptors (Lipinski definition) is 5. The summed E-state index contributed by atoms with van der Waals surface area (Å²) in [6.07, 6.45) is 0. The zero-order valence-electron chi connectivity index (χ0n) is 15.1. The molecule has 0 saturated carbocycles. The molecule has 0 saturated heterocycles. The van der Waals surface area contributed by atoms with Crippen molar-refractivity contribution in [3.8, 4) is 17.0 Å². The van der Waals surface area contributed by atoms with E-state index in [1.807, 2.05) is 31.2 Å². The fourth-order valence-electron chi connectivity index (χ4n) is 2.94.